The number of aromatic nitrogens is 3. The van der Waals surface area contributed by atoms with E-state index in [2.05, 4.69) is 4.98 Å². The molecule has 0 aliphatic rings. The Morgan fingerprint density at radius 2 is 1.96 bits per heavy atom. The number of nitrogens with zero attached hydrogens (tertiary/aromatic N) is 3. The third kappa shape index (κ3) is 2.42. The zero-order valence-corrected chi connectivity index (χ0v) is 13.6. The lowest BCUT2D eigenvalue weighted by Gasteiger charge is -2.11. The highest BCUT2D eigenvalue weighted by Gasteiger charge is 2.18. The van der Waals surface area contributed by atoms with Gasteiger partial charge in [0.25, 0.3) is 5.56 Å². The molecule has 0 bridgehead atoms. The monoisotopic (exact) mass is 355 g/mol. The normalized spacial score (nSPS) is 11.3. The van der Waals surface area contributed by atoms with Gasteiger partial charge in [0.1, 0.15) is 17.8 Å². The zero-order chi connectivity index (χ0) is 17.6. The van der Waals surface area contributed by atoms with Gasteiger partial charge in [-0.05, 0) is 24.3 Å². The fraction of sp³-hybridized carbons (Fsp3) is 0.0556. The number of imidazole rings is 1. The second-order valence-corrected chi connectivity index (χ2v) is 5.96. The van der Waals surface area contributed by atoms with Crippen LogP contribution < -0.4 is 5.56 Å². The summed E-state index contributed by atoms with van der Waals surface area (Å²) in [5.74, 6) is -0.983. The van der Waals surface area contributed by atoms with Gasteiger partial charge in [-0.2, -0.15) is 0 Å². The van der Waals surface area contributed by atoms with E-state index in [1.54, 1.807) is 34.7 Å². The molecular formula is C18H11ClFN3O2. The first kappa shape index (κ1) is 15.5. The Labute approximate surface area is 145 Å². The number of carbonyl (C=O) groups is 1. The smallest absolute Gasteiger partial charge is 0.264 e. The molecule has 4 rings (SSSR count). The number of rotatable bonds is 3. The Kier molecular flexibility index (Phi) is 3.62. The summed E-state index contributed by atoms with van der Waals surface area (Å²) in [6.07, 6.45) is 2.94. The molecule has 0 N–H and O–H groups in total. The molecule has 25 heavy (non-hydrogen) atoms. The number of ketones is 1. The summed E-state index contributed by atoms with van der Waals surface area (Å²) in [6.45, 7) is -0.262. The van der Waals surface area contributed by atoms with Crippen molar-refractivity contribution >= 4 is 33.9 Å². The second-order valence-electron chi connectivity index (χ2n) is 5.55. The van der Waals surface area contributed by atoms with E-state index in [1.807, 2.05) is 0 Å². The Hall–Kier alpha value is -2.99. The minimum Gasteiger partial charge on any atom is -0.292 e. The number of benzene rings is 2. The van der Waals surface area contributed by atoms with E-state index >= 15 is 0 Å². The van der Waals surface area contributed by atoms with E-state index in [1.165, 1.54) is 29.2 Å². The highest BCUT2D eigenvalue weighted by Crippen LogP contribution is 2.19. The maximum Gasteiger partial charge on any atom is 0.264 e. The van der Waals surface area contributed by atoms with Crippen LogP contribution in [0.15, 0.2) is 59.8 Å². The van der Waals surface area contributed by atoms with Gasteiger partial charge in [-0.3, -0.25) is 18.6 Å². The number of halogens is 2. The predicted molar refractivity (Wildman–Crippen MR) is 92.7 cm³/mol. The van der Waals surface area contributed by atoms with Gasteiger partial charge in [0.2, 0.25) is 0 Å². The lowest BCUT2D eigenvalue weighted by molar-refractivity contribution is 0.0972. The van der Waals surface area contributed by atoms with Crippen LogP contribution in [0.25, 0.3) is 16.6 Å². The average molecular weight is 356 g/mol. The van der Waals surface area contributed by atoms with Gasteiger partial charge in [0, 0.05) is 5.56 Å². The summed E-state index contributed by atoms with van der Waals surface area (Å²) >= 11 is 6.06. The summed E-state index contributed by atoms with van der Waals surface area (Å²) < 4.78 is 17.0. The van der Waals surface area contributed by atoms with Crippen LogP contribution in [-0.2, 0) is 6.54 Å². The van der Waals surface area contributed by atoms with Crippen LogP contribution in [0, 0.1) is 5.82 Å². The molecule has 0 atom stereocenters. The largest absolute Gasteiger partial charge is 0.292 e. The van der Waals surface area contributed by atoms with Gasteiger partial charge < -0.3 is 0 Å². The van der Waals surface area contributed by atoms with Crippen molar-refractivity contribution in [2.75, 3.05) is 0 Å². The zero-order valence-electron chi connectivity index (χ0n) is 12.8. The standard InChI is InChI=1S/C18H11ClFN3O2/c19-12-5-2-1-4-11(12)15(24)9-22-16-8-21-10-23(16)14-7-3-6-13(20)17(14)18(22)25/h1-8,10H,9H2. The van der Waals surface area contributed by atoms with Crippen LogP contribution in [0.5, 0.6) is 0 Å². The molecule has 0 unspecified atom stereocenters. The molecule has 0 spiro atoms. The maximum absolute atomic E-state index is 14.2. The molecule has 124 valence electrons. The summed E-state index contributed by atoms with van der Waals surface area (Å²) in [6, 6.07) is 11.0. The van der Waals surface area contributed by atoms with E-state index in [-0.39, 0.29) is 17.7 Å². The fourth-order valence-corrected chi connectivity index (χ4v) is 3.15. The van der Waals surface area contributed by atoms with Crippen LogP contribution >= 0.6 is 11.6 Å². The minimum atomic E-state index is -0.642. The van der Waals surface area contributed by atoms with Crippen molar-refractivity contribution < 1.29 is 9.18 Å². The van der Waals surface area contributed by atoms with Gasteiger partial charge in [-0.15, -0.1) is 0 Å². The fourth-order valence-electron chi connectivity index (χ4n) is 2.91. The first-order chi connectivity index (χ1) is 12.1. The first-order valence-electron chi connectivity index (χ1n) is 7.49. The molecule has 7 heteroatoms. The van der Waals surface area contributed by atoms with Crippen molar-refractivity contribution in [1.82, 2.24) is 14.0 Å². The molecule has 0 fully saturated rings. The molecule has 0 saturated carbocycles. The first-order valence-corrected chi connectivity index (χ1v) is 7.86. The van der Waals surface area contributed by atoms with Gasteiger partial charge in [-0.25, -0.2) is 9.37 Å². The molecule has 0 amide bonds. The molecule has 2 aromatic heterocycles. The van der Waals surface area contributed by atoms with Gasteiger partial charge >= 0.3 is 0 Å². The summed E-state index contributed by atoms with van der Waals surface area (Å²) in [4.78, 5) is 29.4. The van der Waals surface area contributed by atoms with Crippen molar-refractivity contribution in [3.8, 4) is 0 Å². The lowest BCUT2D eigenvalue weighted by Crippen LogP contribution is -2.27. The quantitative estimate of drug-likeness (QED) is 0.530. The van der Waals surface area contributed by atoms with Crippen LogP contribution in [0.3, 0.4) is 0 Å². The Morgan fingerprint density at radius 1 is 1.16 bits per heavy atom. The SMILES string of the molecule is O=C(Cn1c(=O)c2c(F)cccc2n2cncc12)c1ccccc1Cl. The number of Topliss-reactive ketones (excluding diaryl/α,β-unsaturated/α-hetero) is 1. The molecule has 2 aromatic carbocycles. The summed E-state index contributed by atoms with van der Waals surface area (Å²) in [7, 11) is 0. The van der Waals surface area contributed by atoms with E-state index in [0.717, 1.165) is 0 Å². The second kappa shape index (κ2) is 5.82. The van der Waals surface area contributed by atoms with Gasteiger partial charge in [-0.1, -0.05) is 29.8 Å². The number of carbonyl (C=O) groups excluding carboxylic acids is 1. The van der Waals surface area contributed by atoms with Crippen molar-refractivity contribution in [1.29, 1.82) is 0 Å². The van der Waals surface area contributed by atoms with E-state index in [4.69, 9.17) is 11.6 Å². The van der Waals surface area contributed by atoms with Crippen molar-refractivity contribution in [2.45, 2.75) is 6.54 Å². The minimum absolute atomic E-state index is 0.0834. The molecule has 4 aromatic rings. The maximum atomic E-state index is 14.2. The van der Waals surface area contributed by atoms with Crippen molar-refractivity contribution in [3.63, 3.8) is 0 Å². The molecule has 0 aliphatic carbocycles. The Balaban J connectivity index is 1.95. The molecule has 0 aliphatic heterocycles. The topological polar surface area (TPSA) is 56.4 Å². The third-order valence-corrected chi connectivity index (χ3v) is 4.41. The highest BCUT2D eigenvalue weighted by atomic mass is 35.5. The molecule has 0 saturated heterocycles. The van der Waals surface area contributed by atoms with Gasteiger partial charge in [0.15, 0.2) is 5.78 Å². The molecule has 5 nitrogen and oxygen atoms in total. The van der Waals surface area contributed by atoms with Gasteiger partial charge in [0.05, 0.1) is 28.7 Å². The third-order valence-electron chi connectivity index (χ3n) is 4.08. The predicted octanol–water partition coefficient (Wildman–Crippen LogP) is 3.32. The Morgan fingerprint density at radius 3 is 2.76 bits per heavy atom. The van der Waals surface area contributed by atoms with Crippen molar-refractivity contribution in [3.05, 3.63) is 81.7 Å². The van der Waals surface area contributed by atoms with Crippen LogP contribution in [0.1, 0.15) is 10.4 Å². The van der Waals surface area contributed by atoms with E-state index in [0.29, 0.717) is 21.7 Å². The van der Waals surface area contributed by atoms with Crippen molar-refractivity contribution in [2.24, 2.45) is 0 Å². The molecule has 0 radical (unpaired) electrons. The van der Waals surface area contributed by atoms with Crippen LogP contribution in [0.4, 0.5) is 4.39 Å². The lowest BCUT2D eigenvalue weighted by atomic mass is 10.1. The van der Waals surface area contributed by atoms with E-state index in [9.17, 15) is 14.0 Å². The summed E-state index contributed by atoms with van der Waals surface area (Å²) in [5, 5.41) is 0.219. The number of fused-ring (bicyclic) bond motifs is 3. The van der Waals surface area contributed by atoms with Crippen LogP contribution in [0.2, 0.25) is 5.02 Å². The number of hydrogen-bond acceptors (Lipinski definition) is 3. The average Bonchev–Trinajstić information content (AvgIpc) is 3.08. The number of hydrogen-bond donors (Lipinski definition) is 0. The molecule has 2 heterocycles. The molecular weight excluding hydrogens is 345 g/mol. The van der Waals surface area contributed by atoms with Crippen LogP contribution in [-0.4, -0.2) is 19.7 Å². The summed E-state index contributed by atoms with van der Waals surface area (Å²) in [5.41, 5.74) is 0.534. The van der Waals surface area contributed by atoms with E-state index < -0.39 is 11.4 Å². The highest BCUT2D eigenvalue weighted by molar-refractivity contribution is 6.33. The Bertz CT molecular complexity index is 1200.